The fourth-order valence-electron chi connectivity index (χ4n) is 2.81. The van der Waals surface area contributed by atoms with E-state index in [1.54, 1.807) is 36.1 Å². The maximum atomic E-state index is 12.5. The molecule has 2 rings (SSSR count). The second kappa shape index (κ2) is 10.8. The normalized spacial score (nSPS) is 14.3. The topological polar surface area (TPSA) is 102 Å². The molecule has 1 fully saturated rings. The summed E-state index contributed by atoms with van der Waals surface area (Å²) in [5.41, 5.74) is 6.53. The number of hydrogen-bond donors (Lipinski definition) is 2. The highest BCUT2D eigenvalue weighted by Gasteiger charge is 2.28. The fraction of sp³-hybridized carbons (Fsp3) is 0.500. The van der Waals surface area contributed by atoms with Gasteiger partial charge >= 0.3 is 5.97 Å². The van der Waals surface area contributed by atoms with E-state index < -0.39 is 0 Å². The lowest BCUT2D eigenvalue weighted by Crippen LogP contribution is -2.40. The summed E-state index contributed by atoms with van der Waals surface area (Å²) in [7, 11) is 0. The number of likely N-dealkylation sites (tertiary alicyclic amines) is 1. The SMILES string of the molecule is CCOC(=O)C1CCN(C(=O)c2ccc(NC(=O)CCN)cc2)CC1.Cl. The van der Waals surface area contributed by atoms with Crippen LogP contribution in [0.2, 0.25) is 0 Å². The molecule has 1 heterocycles. The third-order valence-corrected chi connectivity index (χ3v) is 4.19. The monoisotopic (exact) mass is 383 g/mol. The van der Waals surface area contributed by atoms with Crippen LogP contribution < -0.4 is 11.1 Å². The van der Waals surface area contributed by atoms with E-state index in [0.29, 0.717) is 50.3 Å². The van der Waals surface area contributed by atoms with Crippen molar-refractivity contribution in [2.75, 3.05) is 31.6 Å². The quantitative estimate of drug-likeness (QED) is 0.729. The van der Waals surface area contributed by atoms with Gasteiger partial charge in [-0.25, -0.2) is 0 Å². The molecular weight excluding hydrogens is 358 g/mol. The van der Waals surface area contributed by atoms with E-state index in [2.05, 4.69) is 5.32 Å². The lowest BCUT2D eigenvalue weighted by atomic mass is 9.96. The molecule has 144 valence electrons. The number of piperidine rings is 1. The van der Waals surface area contributed by atoms with Gasteiger partial charge in [0.05, 0.1) is 12.5 Å². The second-order valence-electron chi connectivity index (χ2n) is 5.98. The lowest BCUT2D eigenvalue weighted by molar-refractivity contribution is -0.149. The first-order chi connectivity index (χ1) is 12.0. The van der Waals surface area contributed by atoms with Crippen LogP contribution >= 0.6 is 12.4 Å². The summed E-state index contributed by atoms with van der Waals surface area (Å²) in [6.07, 6.45) is 1.51. The molecule has 1 saturated heterocycles. The molecule has 0 saturated carbocycles. The Labute approximate surface area is 159 Å². The number of benzene rings is 1. The van der Waals surface area contributed by atoms with Crippen molar-refractivity contribution in [3.8, 4) is 0 Å². The van der Waals surface area contributed by atoms with Crippen LogP contribution in [0.15, 0.2) is 24.3 Å². The number of nitrogens with zero attached hydrogens (tertiary/aromatic N) is 1. The van der Waals surface area contributed by atoms with E-state index in [1.807, 2.05) is 0 Å². The van der Waals surface area contributed by atoms with Crippen LogP contribution in [0.3, 0.4) is 0 Å². The largest absolute Gasteiger partial charge is 0.466 e. The number of rotatable bonds is 6. The molecule has 0 aliphatic carbocycles. The number of amides is 2. The Balaban J connectivity index is 0.00000338. The molecule has 0 bridgehead atoms. The minimum absolute atomic E-state index is 0. The number of halogens is 1. The predicted octanol–water partition coefficient (Wildman–Crippen LogP) is 1.81. The first-order valence-electron chi connectivity index (χ1n) is 8.61. The summed E-state index contributed by atoms with van der Waals surface area (Å²) in [6, 6.07) is 6.79. The molecule has 7 nitrogen and oxygen atoms in total. The van der Waals surface area contributed by atoms with E-state index >= 15 is 0 Å². The molecule has 26 heavy (non-hydrogen) atoms. The second-order valence-corrected chi connectivity index (χ2v) is 5.98. The molecule has 1 aliphatic rings. The number of nitrogens with one attached hydrogen (secondary N) is 1. The van der Waals surface area contributed by atoms with Crippen LogP contribution in [-0.4, -0.2) is 48.9 Å². The lowest BCUT2D eigenvalue weighted by Gasteiger charge is -2.31. The van der Waals surface area contributed by atoms with E-state index in [4.69, 9.17) is 10.5 Å². The number of carbonyl (C=O) groups is 3. The first kappa shape index (κ1) is 21.9. The third-order valence-electron chi connectivity index (χ3n) is 4.19. The van der Waals surface area contributed by atoms with Gasteiger partial charge in [-0.2, -0.15) is 0 Å². The van der Waals surface area contributed by atoms with Crippen molar-refractivity contribution >= 4 is 35.9 Å². The molecule has 1 aromatic carbocycles. The molecule has 1 aromatic rings. The molecule has 0 radical (unpaired) electrons. The van der Waals surface area contributed by atoms with Crippen molar-refractivity contribution < 1.29 is 19.1 Å². The molecule has 0 spiro atoms. The molecule has 8 heteroatoms. The van der Waals surface area contributed by atoms with Crippen molar-refractivity contribution in [2.24, 2.45) is 11.7 Å². The van der Waals surface area contributed by atoms with Crippen LogP contribution in [-0.2, 0) is 14.3 Å². The van der Waals surface area contributed by atoms with Crippen LogP contribution in [0, 0.1) is 5.92 Å². The molecule has 0 unspecified atom stereocenters. The smallest absolute Gasteiger partial charge is 0.309 e. The van der Waals surface area contributed by atoms with Gasteiger partial charge in [0, 0.05) is 37.3 Å². The highest BCUT2D eigenvalue weighted by atomic mass is 35.5. The van der Waals surface area contributed by atoms with Crippen molar-refractivity contribution in [1.82, 2.24) is 4.90 Å². The van der Waals surface area contributed by atoms with Gasteiger partial charge in [0.25, 0.3) is 5.91 Å². The number of carbonyl (C=O) groups excluding carboxylic acids is 3. The van der Waals surface area contributed by atoms with Crippen molar-refractivity contribution in [2.45, 2.75) is 26.2 Å². The van der Waals surface area contributed by atoms with Gasteiger partial charge in [-0.05, 0) is 44.0 Å². The number of ether oxygens (including phenoxy) is 1. The zero-order chi connectivity index (χ0) is 18.2. The Morgan fingerprint density at radius 1 is 1.19 bits per heavy atom. The molecule has 0 aromatic heterocycles. The molecule has 0 atom stereocenters. The van der Waals surface area contributed by atoms with E-state index in [9.17, 15) is 14.4 Å². The summed E-state index contributed by atoms with van der Waals surface area (Å²) in [6.45, 7) is 3.55. The molecule has 2 amide bonds. The van der Waals surface area contributed by atoms with Gasteiger partial charge in [0.2, 0.25) is 5.91 Å². The predicted molar refractivity (Wildman–Crippen MR) is 101 cm³/mol. The van der Waals surface area contributed by atoms with Crippen molar-refractivity contribution in [3.63, 3.8) is 0 Å². The minimum Gasteiger partial charge on any atom is -0.466 e. The number of nitrogens with two attached hydrogens (primary N) is 1. The molecule has 1 aliphatic heterocycles. The van der Waals surface area contributed by atoms with Crippen LogP contribution in [0.5, 0.6) is 0 Å². The van der Waals surface area contributed by atoms with Crippen LogP contribution in [0.4, 0.5) is 5.69 Å². The zero-order valence-corrected chi connectivity index (χ0v) is 15.7. The van der Waals surface area contributed by atoms with Gasteiger partial charge in [0.1, 0.15) is 0 Å². The van der Waals surface area contributed by atoms with E-state index in [1.165, 1.54) is 0 Å². The Morgan fingerprint density at radius 2 is 1.81 bits per heavy atom. The third kappa shape index (κ3) is 6.00. The van der Waals surface area contributed by atoms with Gasteiger partial charge in [0.15, 0.2) is 0 Å². The molecular formula is C18H26ClN3O4. The highest BCUT2D eigenvalue weighted by molar-refractivity contribution is 5.96. The minimum atomic E-state index is -0.174. The summed E-state index contributed by atoms with van der Waals surface area (Å²) in [4.78, 5) is 37.5. The van der Waals surface area contributed by atoms with E-state index in [0.717, 1.165) is 0 Å². The van der Waals surface area contributed by atoms with Crippen molar-refractivity contribution in [1.29, 1.82) is 0 Å². The maximum Gasteiger partial charge on any atom is 0.309 e. The maximum absolute atomic E-state index is 12.5. The Kier molecular flexibility index (Phi) is 9.09. The van der Waals surface area contributed by atoms with Gasteiger partial charge in [-0.15, -0.1) is 12.4 Å². The summed E-state index contributed by atoms with van der Waals surface area (Å²) >= 11 is 0. The Bertz CT molecular complexity index is 613. The zero-order valence-electron chi connectivity index (χ0n) is 14.9. The number of anilines is 1. The van der Waals surface area contributed by atoms with Gasteiger partial charge in [-0.1, -0.05) is 0 Å². The average Bonchev–Trinajstić information content (AvgIpc) is 2.62. The first-order valence-corrected chi connectivity index (χ1v) is 8.61. The Morgan fingerprint density at radius 3 is 2.35 bits per heavy atom. The Hall–Kier alpha value is -2.12. The average molecular weight is 384 g/mol. The fourth-order valence-corrected chi connectivity index (χ4v) is 2.81. The summed E-state index contributed by atoms with van der Waals surface area (Å²) in [5, 5.41) is 2.72. The summed E-state index contributed by atoms with van der Waals surface area (Å²) in [5.74, 6) is -0.513. The van der Waals surface area contributed by atoms with Gasteiger partial charge in [-0.3, -0.25) is 14.4 Å². The summed E-state index contributed by atoms with van der Waals surface area (Å²) < 4.78 is 5.04. The van der Waals surface area contributed by atoms with Crippen LogP contribution in [0.25, 0.3) is 0 Å². The van der Waals surface area contributed by atoms with Crippen molar-refractivity contribution in [3.05, 3.63) is 29.8 Å². The number of esters is 1. The van der Waals surface area contributed by atoms with Gasteiger partial charge < -0.3 is 20.7 Å². The molecule has 3 N–H and O–H groups in total. The standard InChI is InChI=1S/C18H25N3O4.ClH/c1-2-25-18(24)14-8-11-21(12-9-14)17(23)13-3-5-15(6-4-13)20-16(22)7-10-19;/h3-6,14H,2,7-12,19H2,1H3,(H,20,22);1H. The van der Waals surface area contributed by atoms with Crippen LogP contribution in [0.1, 0.15) is 36.5 Å². The highest BCUT2D eigenvalue weighted by Crippen LogP contribution is 2.21. The van der Waals surface area contributed by atoms with E-state index in [-0.39, 0.29) is 42.5 Å². The number of hydrogen-bond acceptors (Lipinski definition) is 5.